The SMILES string of the molecule is COCc1cccc(S(=O)(=O)N(C)C2CCNC2)c1. The van der Waals surface area contributed by atoms with Crippen molar-refractivity contribution < 1.29 is 13.2 Å². The lowest BCUT2D eigenvalue weighted by Crippen LogP contribution is -2.38. The number of nitrogens with one attached hydrogen (secondary N) is 1. The third kappa shape index (κ3) is 3.14. The molecular formula is C13H20N2O3S. The number of hydrogen-bond acceptors (Lipinski definition) is 4. The van der Waals surface area contributed by atoms with Crippen molar-refractivity contribution in [3.8, 4) is 0 Å². The number of likely N-dealkylation sites (N-methyl/N-ethyl adjacent to an activating group) is 1. The van der Waals surface area contributed by atoms with E-state index < -0.39 is 10.0 Å². The molecule has 5 nitrogen and oxygen atoms in total. The summed E-state index contributed by atoms with van der Waals surface area (Å²) in [6.07, 6.45) is 0.855. The van der Waals surface area contributed by atoms with Gasteiger partial charge in [0, 0.05) is 26.7 Å². The van der Waals surface area contributed by atoms with E-state index in [1.54, 1.807) is 32.4 Å². The van der Waals surface area contributed by atoms with Crippen molar-refractivity contribution >= 4 is 10.0 Å². The molecule has 0 amide bonds. The van der Waals surface area contributed by atoms with Crippen LogP contribution in [0.15, 0.2) is 29.2 Å². The van der Waals surface area contributed by atoms with Gasteiger partial charge in [0.2, 0.25) is 10.0 Å². The van der Waals surface area contributed by atoms with Crippen LogP contribution in [-0.2, 0) is 21.4 Å². The van der Waals surface area contributed by atoms with E-state index in [9.17, 15) is 8.42 Å². The molecule has 1 saturated heterocycles. The quantitative estimate of drug-likeness (QED) is 0.869. The molecule has 1 N–H and O–H groups in total. The molecule has 1 fully saturated rings. The van der Waals surface area contributed by atoms with Gasteiger partial charge in [0.15, 0.2) is 0 Å². The fourth-order valence-corrected chi connectivity index (χ4v) is 3.73. The summed E-state index contributed by atoms with van der Waals surface area (Å²) < 4.78 is 31.6. The highest BCUT2D eigenvalue weighted by molar-refractivity contribution is 7.89. The highest BCUT2D eigenvalue weighted by Crippen LogP contribution is 2.20. The van der Waals surface area contributed by atoms with Gasteiger partial charge in [0.25, 0.3) is 0 Å². The third-order valence-corrected chi connectivity index (χ3v) is 5.34. The van der Waals surface area contributed by atoms with Gasteiger partial charge in [-0.3, -0.25) is 0 Å². The predicted octanol–water partition coefficient (Wildman–Crippen LogP) is 0.815. The molecule has 0 aliphatic carbocycles. The molecule has 0 spiro atoms. The molecule has 1 aliphatic heterocycles. The molecule has 0 radical (unpaired) electrons. The summed E-state index contributed by atoms with van der Waals surface area (Å²) >= 11 is 0. The molecule has 2 rings (SSSR count). The Morgan fingerprint density at radius 3 is 2.89 bits per heavy atom. The Morgan fingerprint density at radius 1 is 1.47 bits per heavy atom. The molecule has 6 heteroatoms. The van der Waals surface area contributed by atoms with Crippen LogP contribution in [0.1, 0.15) is 12.0 Å². The lowest BCUT2D eigenvalue weighted by Gasteiger charge is -2.23. The maximum atomic E-state index is 12.5. The normalized spacial score (nSPS) is 20.1. The average Bonchev–Trinajstić information content (AvgIpc) is 2.92. The van der Waals surface area contributed by atoms with Crippen LogP contribution in [0.3, 0.4) is 0 Å². The van der Waals surface area contributed by atoms with E-state index in [-0.39, 0.29) is 6.04 Å². The monoisotopic (exact) mass is 284 g/mol. The topological polar surface area (TPSA) is 58.6 Å². The molecule has 1 atom stereocenters. The van der Waals surface area contributed by atoms with Gasteiger partial charge in [-0.1, -0.05) is 12.1 Å². The average molecular weight is 284 g/mol. The Kier molecular flexibility index (Phi) is 4.57. The number of sulfonamides is 1. The maximum Gasteiger partial charge on any atom is 0.243 e. The second-order valence-electron chi connectivity index (χ2n) is 4.75. The predicted molar refractivity (Wildman–Crippen MR) is 73.4 cm³/mol. The van der Waals surface area contributed by atoms with Crippen molar-refractivity contribution in [3.05, 3.63) is 29.8 Å². The highest BCUT2D eigenvalue weighted by Gasteiger charge is 2.29. The maximum absolute atomic E-state index is 12.5. The summed E-state index contributed by atoms with van der Waals surface area (Å²) in [4.78, 5) is 0.330. The van der Waals surface area contributed by atoms with E-state index in [2.05, 4.69) is 5.32 Å². The molecule has 1 unspecified atom stereocenters. The van der Waals surface area contributed by atoms with Gasteiger partial charge < -0.3 is 10.1 Å². The van der Waals surface area contributed by atoms with Gasteiger partial charge >= 0.3 is 0 Å². The summed E-state index contributed by atoms with van der Waals surface area (Å²) in [6, 6.07) is 6.96. The first kappa shape index (κ1) is 14.5. The largest absolute Gasteiger partial charge is 0.380 e. The van der Waals surface area contributed by atoms with Crippen molar-refractivity contribution in [2.24, 2.45) is 0 Å². The number of methoxy groups -OCH3 is 1. The molecule has 1 aromatic carbocycles. The number of ether oxygens (including phenoxy) is 1. The molecule has 1 heterocycles. The van der Waals surface area contributed by atoms with Gasteiger partial charge in [0.05, 0.1) is 11.5 Å². The van der Waals surface area contributed by atoms with Crippen LogP contribution in [0.4, 0.5) is 0 Å². The number of benzene rings is 1. The van der Waals surface area contributed by atoms with Crippen LogP contribution in [0, 0.1) is 0 Å². The molecular weight excluding hydrogens is 264 g/mol. The number of hydrogen-bond donors (Lipinski definition) is 1. The Balaban J connectivity index is 2.25. The van der Waals surface area contributed by atoms with Crippen molar-refractivity contribution in [3.63, 3.8) is 0 Å². The minimum Gasteiger partial charge on any atom is -0.380 e. The molecule has 0 bridgehead atoms. The van der Waals surface area contributed by atoms with E-state index in [1.165, 1.54) is 4.31 Å². The number of rotatable bonds is 5. The first-order valence-electron chi connectivity index (χ1n) is 6.32. The Morgan fingerprint density at radius 2 is 2.26 bits per heavy atom. The smallest absolute Gasteiger partial charge is 0.243 e. The molecule has 0 aromatic heterocycles. The molecule has 106 valence electrons. The minimum absolute atomic E-state index is 0.0380. The molecule has 1 aromatic rings. The summed E-state index contributed by atoms with van der Waals surface area (Å²) in [5.74, 6) is 0. The van der Waals surface area contributed by atoms with E-state index >= 15 is 0 Å². The van der Waals surface area contributed by atoms with Crippen molar-refractivity contribution in [1.29, 1.82) is 0 Å². The zero-order valence-electron chi connectivity index (χ0n) is 11.3. The van der Waals surface area contributed by atoms with Crippen molar-refractivity contribution in [2.45, 2.75) is 24.0 Å². The van der Waals surface area contributed by atoms with Gasteiger partial charge in [-0.25, -0.2) is 8.42 Å². The fourth-order valence-electron chi connectivity index (χ4n) is 2.27. The van der Waals surface area contributed by atoms with Crippen molar-refractivity contribution in [1.82, 2.24) is 9.62 Å². The van der Waals surface area contributed by atoms with Gasteiger partial charge in [-0.05, 0) is 30.7 Å². The van der Waals surface area contributed by atoms with Crippen LogP contribution in [0.25, 0.3) is 0 Å². The lowest BCUT2D eigenvalue weighted by molar-refractivity contribution is 0.184. The Labute approximate surface area is 114 Å². The lowest BCUT2D eigenvalue weighted by atomic mass is 10.2. The molecule has 1 aliphatic rings. The standard InChI is InChI=1S/C13H20N2O3S/c1-15(12-6-7-14-9-12)19(16,17)13-5-3-4-11(8-13)10-18-2/h3-5,8,12,14H,6-7,9-10H2,1-2H3. The molecule has 0 saturated carbocycles. The summed E-state index contributed by atoms with van der Waals surface area (Å²) in [6.45, 7) is 2.00. The van der Waals surface area contributed by atoms with Crippen LogP contribution >= 0.6 is 0 Å². The Hall–Kier alpha value is -0.950. The highest BCUT2D eigenvalue weighted by atomic mass is 32.2. The third-order valence-electron chi connectivity index (χ3n) is 3.43. The minimum atomic E-state index is -3.43. The van der Waals surface area contributed by atoms with E-state index in [0.717, 1.165) is 18.5 Å². The van der Waals surface area contributed by atoms with Crippen LogP contribution in [-0.4, -0.2) is 46.0 Å². The van der Waals surface area contributed by atoms with Gasteiger partial charge in [-0.15, -0.1) is 0 Å². The van der Waals surface area contributed by atoms with Crippen LogP contribution in [0.2, 0.25) is 0 Å². The Bertz CT molecular complexity index is 524. The second kappa shape index (κ2) is 6.00. The van der Waals surface area contributed by atoms with E-state index in [0.29, 0.717) is 18.0 Å². The first-order valence-corrected chi connectivity index (χ1v) is 7.76. The fraction of sp³-hybridized carbons (Fsp3) is 0.538. The van der Waals surface area contributed by atoms with Gasteiger partial charge in [-0.2, -0.15) is 4.31 Å². The second-order valence-corrected chi connectivity index (χ2v) is 6.75. The summed E-state index contributed by atoms with van der Waals surface area (Å²) in [7, 11) is -0.182. The van der Waals surface area contributed by atoms with E-state index in [4.69, 9.17) is 4.74 Å². The van der Waals surface area contributed by atoms with Crippen LogP contribution in [0.5, 0.6) is 0 Å². The summed E-state index contributed by atoms with van der Waals surface area (Å²) in [5.41, 5.74) is 0.863. The van der Waals surface area contributed by atoms with E-state index in [1.807, 2.05) is 6.07 Å². The summed E-state index contributed by atoms with van der Waals surface area (Å²) in [5, 5.41) is 3.18. The van der Waals surface area contributed by atoms with Gasteiger partial charge in [0.1, 0.15) is 0 Å². The first-order chi connectivity index (χ1) is 9.05. The zero-order valence-corrected chi connectivity index (χ0v) is 12.1. The van der Waals surface area contributed by atoms with Crippen molar-refractivity contribution in [2.75, 3.05) is 27.2 Å². The molecule has 19 heavy (non-hydrogen) atoms. The van der Waals surface area contributed by atoms with Crippen LogP contribution < -0.4 is 5.32 Å². The number of nitrogens with zero attached hydrogens (tertiary/aromatic N) is 1. The zero-order chi connectivity index (χ0) is 13.9.